The summed E-state index contributed by atoms with van der Waals surface area (Å²) in [7, 11) is -3.46. The van der Waals surface area contributed by atoms with Gasteiger partial charge in [0.1, 0.15) is 23.4 Å². The highest BCUT2D eigenvalue weighted by molar-refractivity contribution is 7.92. The van der Waals surface area contributed by atoms with Gasteiger partial charge < -0.3 is 19.7 Å². The second-order valence-corrected chi connectivity index (χ2v) is 9.47. The molecule has 2 rings (SSSR count). The van der Waals surface area contributed by atoms with Crippen LogP contribution in [-0.2, 0) is 16.4 Å². The number of hydrogen-bond acceptors (Lipinski definition) is 6. The van der Waals surface area contributed by atoms with E-state index >= 15 is 0 Å². The Bertz CT molecular complexity index is 800. The molecule has 0 spiro atoms. The average Bonchev–Trinajstić information content (AvgIpc) is 3.18. The summed E-state index contributed by atoms with van der Waals surface area (Å²) in [4.78, 5) is 0. The van der Waals surface area contributed by atoms with Crippen LogP contribution in [0.2, 0.25) is 0 Å². The third-order valence-electron chi connectivity index (χ3n) is 5.11. The highest BCUT2D eigenvalue weighted by Crippen LogP contribution is 2.35. The van der Waals surface area contributed by atoms with Gasteiger partial charge in [-0.15, -0.1) is 0 Å². The van der Waals surface area contributed by atoms with Gasteiger partial charge in [0.15, 0.2) is 9.84 Å². The van der Waals surface area contributed by atoms with Gasteiger partial charge in [-0.3, -0.25) is 0 Å². The van der Waals surface area contributed by atoms with E-state index in [0.717, 1.165) is 17.6 Å². The molecule has 0 fully saturated rings. The molecule has 3 N–H and O–H groups in total. The van der Waals surface area contributed by atoms with Gasteiger partial charge in [0.25, 0.3) is 0 Å². The van der Waals surface area contributed by atoms with E-state index in [0.29, 0.717) is 29.9 Å². The van der Waals surface area contributed by atoms with Gasteiger partial charge in [0.05, 0.1) is 18.5 Å². The summed E-state index contributed by atoms with van der Waals surface area (Å²) < 4.78 is 30.1. The molecule has 1 aromatic heterocycles. The Morgan fingerprint density at radius 1 is 1.33 bits per heavy atom. The largest absolute Gasteiger partial charge is 0.459 e. The van der Waals surface area contributed by atoms with Crippen molar-refractivity contribution in [1.29, 1.82) is 0 Å². The zero-order valence-electron chi connectivity index (χ0n) is 16.2. The monoisotopic (exact) mass is 398 g/mol. The molecule has 0 amide bonds. The first-order valence-corrected chi connectivity index (χ1v) is 11.1. The Morgan fingerprint density at radius 2 is 2.04 bits per heavy atom. The van der Waals surface area contributed by atoms with Crippen LogP contribution in [0.1, 0.15) is 51.6 Å². The van der Waals surface area contributed by atoms with Crippen LogP contribution in [-0.4, -0.2) is 47.5 Å². The van der Waals surface area contributed by atoms with Gasteiger partial charge in [0, 0.05) is 0 Å². The smallest absolute Gasteiger partial charge is 0.163 e. The maximum Gasteiger partial charge on any atom is 0.163 e. The van der Waals surface area contributed by atoms with Gasteiger partial charge in [0.2, 0.25) is 0 Å². The number of aliphatic hydroxyl groups excluding tert-OH is 3. The summed E-state index contributed by atoms with van der Waals surface area (Å²) in [5, 5.41) is 28.4. The van der Waals surface area contributed by atoms with Gasteiger partial charge in [-0.05, 0) is 54.5 Å². The Balaban J connectivity index is 2.16. The first-order valence-electron chi connectivity index (χ1n) is 9.35. The van der Waals surface area contributed by atoms with Crippen LogP contribution in [0.5, 0.6) is 0 Å². The fourth-order valence-corrected chi connectivity index (χ4v) is 5.59. The van der Waals surface area contributed by atoms with Gasteiger partial charge in [-0.25, -0.2) is 8.42 Å². The molecule has 1 aliphatic rings. The number of furan rings is 1. The maximum atomic E-state index is 12.3. The van der Waals surface area contributed by atoms with Crippen LogP contribution in [0, 0.1) is 5.92 Å². The van der Waals surface area contributed by atoms with Crippen LogP contribution in [0.3, 0.4) is 0 Å². The van der Waals surface area contributed by atoms with Crippen molar-refractivity contribution < 1.29 is 28.2 Å². The highest BCUT2D eigenvalue weighted by atomic mass is 32.2. The molecule has 0 bridgehead atoms. The summed E-state index contributed by atoms with van der Waals surface area (Å²) in [6, 6.07) is 3.49. The van der Waals surface area contributed by atoms with Gasteiger partial charge >= 0.3 is 0 Å². The molecule has 0 unspecified atom stereocenters. The van der Waals surface area contributed by atoms with Crippen LogP contribution in [0.4, 0.5) is 0 Å². The lowest BCUT2D eigenvalue weighted by Crippen LogP contribution is -2.29. The number of hydrogen-bond donors (Lipinski definition) is 3. The van der Waals surface area contributed by atoms with Crippen LogP contribution in [0.15, 0.2) is 33.3 Å². The standard InChI is InChI=1S/C20H30O6S/c1-4-14(9-15-6-7-16(10-21)26-15)5-8-18(23)20-17(13(2)3)12-27(24,25)19(20)11-22/h6-7,9,13,18-19,21-23H,4-5,8,10-12H2,1-3H3/b14-9+/t18-,19+/m1/s1. The minimum absolute atomic E-state index is 0.00202. The Labute approximate surface area is 161 Å². The first-order chi connectivity index (χ1) is 12.7. The number of allylic oxidation sites excluding steroid dienone is 1. The SMILES string of the molecule is CC/C(=C\c1ccc(CO)o1)CC[C@@H](O)C1=C(C(C)C)CS(=O)(=O)[C@H]1CO. The Kier molecular flexibility index (Phi) is 7.45. The molecule has 152 valence electrons. The lowest BCUT2D eigenvalue weighted by molar-refractivity contribution is 0.187. The average molecular weight is 399 g/mol. The molecular formula is C20H30O6S. The normalized spacial score (nSPS) is 21.3. The molecule has 0 aliphatic carbocycles. The van der Waals surface area contributed by atoms with Crippen molar-refractivity contribution in [3.8, 4) is 0 Å². The molecule has 2 atom stereocenters. The predicted octanol–water partition coefficient (Wildman–Crippen LogP) is 2.45. The number of aliphatic hydroxyl groups is 3. The molecule has 0 saturated heterocycles. The van der Waals surface area contributed by atoms with Crippen molar-refractivity contribution in [2.24, 2.45) is 5.92 Å². The van der Waals surface area contributed by atoms with E-state index in [4.69, 9.17) is 9.52 Å². The van der Waals surface area contributed by atoms with E-state index in [9.17, 15) is 18.6 Å². The molecule has 6 nitrogen and oxygen atoms in total. The van der Waals surface area contributed by atoms with E-state index in [1.807, 2.05) is 26.8 Å². The summed E-state index contributed by atoms with van der Waals surface area (Å²) in [5.74, 6) is 1.05. The third-order valence-corrected chi connectivity index (χ3v) is 7.09. The summed E-state index contributed by atoms with van der Waals surface area (Å²) in [6.45, 7) is 5.16. The van der Waals surface area contributed by atoms with Gasteiger partial charge in [-0.1, -0.05) is 26.3 Å². The lowest BCUT2D eigenvalue weighted by Gasteiger charge is -2.20. The second kappa shape index (κ2) is 9.19. The van der Waals surface area contributed by atoms with Crippen LogP contribution in [0.25, 0.3) is 6.08 Å². The van der Waals surface area contributed by atoms with Crippen molar-refractivity contribution in [3.63, 3.8) is 0 Å². The minimum Gasteiger partial charge on any atom is -0.459 e. The van der Waals surface area contributed by atoms with Crippen molar-refractivity contribution in [3.05, 3.63) is 40.4 Å². The summed E-state index contributed by atoms with van der Waals surface area (Å²) >= 11 is 0. The molecule has 7 heteroatoms. The zero-order chi connectivity index (χ0) is 20.2. The molecule has 1 aromatic rings. The van der Waals surface area contributed by atoms with Crippen molar-refractivity contribution in [2.45, 2.75) is 58.0 Å². The van der Waals surface area contributed by atoms with E-state index in [1.165, 1.54) is 0 Å². The topological polar surface area (TPSA) is 108 Å². The van der Waals surface area contributed by atoms with E-state index in [-0.39, 0.29) is 18.3 Å². The molecule has 1 aliphatic heterocycles. The molecule has 2 heterocycles. The third kappa shape index (κ3) is 5.10. The number of rotatable bonds is 9. The quantitative estimate of drug-likeness (QED) is 0.552. The molecular weight excluding hydrogens is 368 g/mol. The van der Waals surface area contributed by atoms with E-state index in [1.54, 1.807) is 12.1 Å². The van der Waals surface area contributed by atoms with Gasteiger partial charge in [-0.2, -0.15) is 0 Å². The Morgan fingerprint density at radius 3 is 2.56 bits per heavy atom. The highest BCUT2D eigenvalue weighted by Gasteiger charge is 2.41. The predicted molar refractivity (Wildman–Crippen MR) is 105 cm³/mol. The fourth-order valence-electron chi connectivity index (χ4n) is 3.53. The first kappa shape index (κ1) is 21.9. The van der Waals surface area contributed by atoms with Crippen LogP contribution < -0.4 is 0 Å². The maximum absolute atomic E-state index is 12.3. The zero-order valence-corrected chi connectivity index (χ0v) is 17.0. The molecule has 0 aromatic carbocycles. The molecule has 27 heavy (non-hydrogen) atoms. The minimum atomic E-state index is -3.46. The van der Waals surface area contributed by atoms with Crippen LogP contribution >= 0.6 is 0 Å². The van der Waals surface area contributed by atoms with Crippen molar-refractivity contribution in [1.82, 2.24) is 0 Å². The molecule has 0 saturated carbocycles. The lowest BCUT2D eigenvalue weighted by atomic mass is 9.90. The van der Waals surface area contributed by atoms with E-state index < -0.39 is 27.8 Å². The Hall–Kier alpha value is -1.41. The fraction of sp³-hybridized carbons (Fsp3) is 0.600. The second-order valence-electron chi connectivity index (χ2n) is 7.29. The number of sulfone groups is 1. The van der Waals surface area contributed by atoms with E-state index in [2.05, 4.69) is 0 Å². The van der Waals surface area contributed by atoms with Crippen molar-refractivity contribution >= 4 is 15.9 Å². The van der Waals surface area contributed by atoms with Crippen molar-refractivity contribution in [2.75, 3.05) is 12.4 Å². The summed E-state index contributed by atoms with van der Waals surface area (Å²) in [5.41, 5.74) is 2.26. The molecule has 0 radical (unpaired) electrons. The summed E-state index contributed by atoms with van der Waals surface area (Å²) in [6.07, 6.45) is 2.71.